The number of hydrogen-bond donors (Lipinski definition) is 1. The molecule has 1 amide bonds. The Kier molecular flexibility index (Phi) is 7.43. The van der Waals surface area contributed by atoms with Gasteiger partial charge in [-0.25, -0.2) is 4.79 Å². The van der Waals surface area contributed by atoms with E-state index < -0.39 is 6.04 Å². The molecule has 4 nitrogen and oxygen atoms in total. The van der Waals surface area contributed by atoms with Gasteiger partial charge in [0.05, 0.1) is 0 Å². The third-order valence-electron chi connectivity index (χ3n) is 5.26. The second-order valence-corrected chi connectivity index (χ2v) is 7.72. The number of carbonyl (C=O) groups is 2. The fraction of sp³-hybridized carbons (Fsp3) is 0.545. The maximum atomic E-state index is 12.8. The summed E-state index contributed by atoms with van der Waals surface area (Å²) in [5, 5.41) is 2.79. The lowest BCUT2D eigenvalue weighted by atomic mass is 9.75. The third-order valence-corrected chi connectivity index (χ3v) is 5.26. The van der Waals surface area contributed by atoms with Crippen LogP contribution in [0, 0.1) is 17.8 Å². The van der Waals surface area contributed by atoms with Gasteiger partial charge in [-0.1, -0.05) is 51.5 Å². The Morgan fingerprint density at radius 1 is 1.27 bits per heavy atom. The number of nitrogens with one attached hydrogen (secondary N) is 1. The molecule has 2 rings (SSSR count). The minimum absolute atomic E-state index is 0.0767. The van der Waals surface area contributed by atoms with Crippen LogP contribution in [0.5, 0.6) is 0 Å². The predicted octanol–water partition coefficient (Wildman–Crippen LogP) is 4.37. The lowest BCUT2D eigenvalue weighted by Crippen LogP contribution is -2.45. The summed E-state index contributed by atoms with van der Waals surface area (Å²) in [4.78, 5) is 25.2. The molecule has 1 fully saturated rings. The maximum absolute atomic E-state index is 12.8. The smallest absolute Gasteiger partial charge is 0.329 e. The molecule has 0 spiro atoms. The minimum Gasteiger partial charge on any atom is -0.461 e. The molecule has 0 unspecified atom stereocenters. The van der Waals surface area contributed by atoms with Crippen LogP contribution in [0.15, 0.2) is 43.0 Å². The van der Waals surface area contributed by atoms with E-state index in [1.807, 2.05) is 6.07 Å². The highest BCUT2D eigenvalue weighted by Crippen LogP contribution is 2.35. The van der Waals surface area contributed by atoms with Crippen LogP contribution in [-0.2, 0) is 9.53 Å². The van der Waals surface area contributed by atoms with E-state index in [0.29, 0.717) is 29.7 Å². The first-order chi connectivity index (χ1) is 12.4. The van der Waals surface area contributed by atoms with E-state index in [2.05, 4.69) is 32.7 Å². The van der Waals surface area contributed by atoms with Crippen LogP contribution in [0.4, 0.5) is 0 Å². The van der Waals surface area contributed by atoms with Crippen molar-refractivity contribution in [3.8, 4) is 0 Å². The number of ether oxygens (including phenoxy) is 1. The second-order valence-electron chi connectivity index (χ2n) is 7.72. The molecule has 1 aliphatic carbocycles. The van der Waals surface area contributed by atoms with Gasteiger partial charge in [-0.15, -0.1) is 6.58 Å². The van der Waals surface area contributed by atoms with Gasteiger partial charge >= 0.3 is 5.97 Å². The van der Waals surface area contributed by atoms with E-state index in [-0.39, 0.29) is 18.0 Å². The van der Waals surface area contributed by atoms with Crippen LogP contribution in [0.2, 0.25) is 0 Å². The molecule has 0 saturated heterocycles. The monoisotopic (exact) mass is 357 g/mol. The van der Waals surface area contributed by atoms with Gasteiger partial charge in [-0.2, -0.15) is 0 Å². The fourth-order valence-corrected chi connectivity index (χ4v) is 3.69. The van der Waals surface area contributed by atoms with Crippen LogP contribution in [-0.4, -0.2) is 24.0 Å². The van der Waals surface area contributed by atoms with Crippen molar-refractivity contribution in [2.75, 3.05) is 0 Å². The lowest BCUT2D eigenvalue weighted by molar-refractivity contribution is -0.158. The number of esters is 1. The summed E-state index contributed by atoms with van der Waals surface area (Å²) < 4.78 is 5.89. The molecule has 1 aromatic rings. The van der Waals surface area contributed by atoms with E-state index in [9.17, 15) is 9.59 Å². The highest BCUT2D eigenvalue weighted by Gasteiger charge is 2.35. The van der Waals surface area contributed by atoms with E-state index >= 15 is 0 Å². The molecule has 0 bridgehead atoms. The normalized spacial score (nSPS) is 23.9. The van der Waals surface area contributed by atoms with Crippen molar-refractivity contribution in [2.24, 2.45) is 17.8 Å². The van der Waals surface area contributed by atoms with Crippen molar-refractivity contribution >= 4 is 11.9 Å². The number of carbonyl (C=O) groups excluding carboxylic acids is 2. The maximum Gasteiger partial charge on any atom is 0.329 e. The summed E-state index contributed by atoms with van der Waals surface area (Å²) in [5.74, 6) is 0.770. The van der Waals surface area contributed by atoms with Gasteiger partial charge < -0.3 is 10.1 Å². The van der Waals surface area contributed by atoms with Gasteiger partial charge in [0.15, 0.2) is 0 Å². The zero-order valence-electron chi connectivity index (χ0n) is 16.1. The van der Waals surface area contributed by atoms with Crippen molar-refractivity contribution in [1.29, 1.82) is 0 Å². The molecule has 4 heteroatoms. The quantitative estimate of drug-likeness (QED) is 0.582. The van der Waals surface area contributed by atoms with Gasteiger partial charge in [0.2, 0.25) is 0 Å². The summed E-state index contributed by atoms with van der Waals surface area (Å²) >= 11 is 0. The van der Waals surface area contributed by atoms with Crippen molar-refractivity contribution in [1.82, 2.24) is 5.32 Å². The van der Waals surface area contributed by atoms with Crippen LogP contribution in [0.1, 0.15) is 56.8 Å². The number of benzene rings is 1. The minimum atomic E-state index is -0.703. The number of hydrogen-bond acceptors (Lipinski definition) is 3. The number of rotatable bonds is 7. The van der Waals surface area contributed by atoms with Gasteiger partial charge in [0, 0.05) is 5.56 Å². The highest BCUT2D eigenvalue weighted by atomic mass is 16.5. The first-order valence-corrected chi connectivity index (χ1v) is 9.59. The van der Waals surface area contributed by atoms with Crippen molar-refractivity contribution in [3.05, 3.63) is 48.6 Å². The zero-order chi connectivity index (χ0) is 19.1. The average Bonchev–Trinajstić information content (AvgIpc) is 2.61. The molecule has 0 aromatic heterocycles. The molecule has 0 heterocycles. The third kappa shape index (κ3) is 5.45. The lowest BCUT2D eigenvalue weighted by Gasteiger charge is -2.37. The second kappa shape index (κ2) is 9.56. The molecule has 26 heavy (non-hydrogen) atoms. The van der Waals surface area contributed by atoms with Gasteiger partial charge in [-0.3, -0.25) is 4.79 Å². The Morgan fingerprint density at radius 2 is 1.96 bits per heavy atom. The molecule has 0 radical (unpaired) electrons. The van der Waals surface area contributed by atoms with Crippen molar-refractivity contribution in [2.45, 2.75) is 58.6 Å². The molecular weight excluding hydrogens is 326 g/mol. The standard InChI is InChI=1S/C22H31NO3/c1-5-9-19(23-21(24)17-10-7-6-8-11-17)22(25)26-20-14-16(4)12-13-18(20)15(2)3/h5-8,10-11,15-16,18-20H,1,9,12-14H2,2-4H3,(H,23,24)/t16-,18+,19+,20-/m1/s1. The highest BCUT2D eigenvalue weighted by molar-refractivity contribution is 5.96. The summed E-state index contributed by atoms with van der Waals surface area (Å²) in [6, 6.07) is 8.19. The summed E-state index contributed by atoms with van der Waals surface area (Å²) in [6.07, 6.45) is 5.07. The van der Waals surface area contributed by atoms with Crippen LogP contribution < -0.4 is 5.32 Å². The summed E-state index contributed by atoms with van der Waals surface area (Å²) in [5.41, 5.74) is 0.528. The molecule has 1 N–H and O–H groups in total. The first-order valence-electron chi connectivity index (χ1n) is 9.59. The van der Waals surface area contributed by atoms with Crippen LogP contribution >= 0.6 is 0 Å². The van der Waals surface area contributed by atoms with Gasteiger partial charge in [0.1, 0.15) is 12.1 Å². The molecular formula is C22H31NO3. The van der Waals surface area contributed by atoms with Gasteiger partial charge in [0.25, 0.3) is 5.91 Å². The molecule has 1 aromatic carbocycles. The Morgan fingerprint density at radius 3 is 2.58 bits per heavy atom. The van der Waals surface area contributed by atoms with E-state index in [4.69, 9.17) is 4.74 Å². The van der Waals surface area contributed by atoms with E-state index in [1.165, 1.54) is 6.42 Å². The SMILES string of the molecule is C=CC[C@H](NC(=O)c1ccccc1)C(=O)O[C@@H]1C[C@H](C)CC[C@H]1C(C)C. The topological polar surface area (TPSA) is 55.4 Å². The van der Waals surface area contributed by atoms with Crippen LogP contribution in [0.25, 0.3) is 0 Å². The Labute approximate surface area is 157 Å². The molecule has 142 valence electrons. The largest absolute Gasteiger partial charge is 0.461 e. The molecule has 1 saturated carbocycles. The summed E-state index contributed by atoms with van der Waals surface area (Å²) in [6.45, 7) is 10.3. The molecule has 0 aliphatic heterocycles. The summed E-state index contributed by atoms with van der Waals surface area (Å²) in [7, 11) is 0. The first kappa shape index (κ1) is 20.2. The number of amides is 1. The van der Waals surface area contributed by atoms with E-state index in [0.717, 1.165) is 12.8 Å². The zero-order valence-corrected chi connectivity index (χ0v) is 16.1. The predicted molar refractivity (Wildman–Crippen MR) is 104 cm³/mol. The van der Waals surface area contributed by atoms with Crippen LogP contribution in [0.3, 0.4) is 0 Å². The van der Waals surface area contributed by atoms with Gasteiger partial charge in [-0.05, 0) is 49.1 Å². The Bertz CT molecular complexity index is 611. The van der Waals surface area contributed by atoms with Crippen molar-refractivity contribution in [3.63, 3.8) is 0 Å². The van der Waals surface area contributed by atoms with Crippen molar-refractivity contribution < 1.29 is 14.3 Å². The van der Waals surface area contributed by atoms with E-state index in [1.54, 1.807) is 30.3 Å². The average molecular weight is 357 g/mol. The molecule has 4 atom stereocenters. The Hall–Kier alpha value is -2.10. The fourth-order valence-electron chi connectivity index (χ4n) is 3.69. The Balaban J connectivity index is 2.04. The molecule has 1 aliphatic rings.